The maximum atomic E-state index is 12.6. The lowest BCUT2D eigenvalue weighted by atomic mass is 9.98. The third-order valence-corrected chi connectivity index (χ3v) is 6.51. The van der Waals surface area contributed by atoms with Crippen LogP contribution in [0.4, 0.5) is 18.3 Å². The number of hydrogen-bond donors (Lipinski definition) is 1. The summed E-state index contributed by atoms with van der Waals surface area (Å²) in [7, 11) is -5.22. The third kappa shape index (κ3) is 4.15. The van der Waals surface area contributed by atoms with Crippen LogP contribution < -0.4 is 5.32 Å². The van der Waals surface area contributed by atoms with Crippen molar-refractivity contribution in [1.82, 2.24) is 13.7 Å². The summed E-state index contributed by atoms with van der Waals surface area (Å²) in [5, 5.41) is 3.78. The van der Waals surface area contributed by atoms with Crippen LogP contribution in [0, 0.1) is 5.92 Å². The molecule has 0 saturated carbocycles. The molecule has 0 unspecified atom stereocenters. The minimum atomic E-state index is -5.24. The van der Waals surface area contributed by atoms with Crippen LogP contribution in [-0.4, -0.2) is 47.2 Å². The summed E-state index contributed by atoms with van der Waals surface area (Å²) in [6, 6.07) is 9.50. The number of sulfonamides is 1. The molecule has 6 nitrogen and oxygen atoms in total. The van der Waals surface area contributed by atoms with Gasteiger partial charge in [0.15, 0.2) is 5.82 Å². The number of piperidine rings is 1. The van der Waals surface area contributed by atoms with Crippen LogP contribution in [0.1, 0.15) is 12.8 Å². The van der Waals surface area contributed by atoms with E-state index in [0.717, 1.165) is 5.56 Å². The minimum absolute atomic E-state index is 0.0822. The highest BCUT2D eigenvalue weighted by Crippen LogP contribution is 2.30. The Morgan fingerprint density at radius 3 is 2.46 bits per heavy atom. The molecule has 2 heterocycles. The van der Waals surface area contributed by atoms with Crippen molar-refractivity contribution < 1.29 is 21.6 Å². The van der Waals surface area contributed by atoms with E-state index in [2.05, 4.69) is 14.7 Å². The zero-order chi connectivity index (χ0) is 18.8. The smallest absolute Gasteiger partial charge is 0.360 e. The van der Waals surface area contributed by atoms with Crippen LogP contribution in [0.3, 0.4) is 0 Å². The van der Waals surface area contributed by atoms with E-state index in [-0.39, 0.29) is 19.0 Å². The number of hydrogen-bond acceptors (Lipinski definition) is 6. The molecule has 1 aromatic heterocycles. The Morgan fingerprint density at radius 1 is 1.19 bits per heavy atom. The molecular weight excluding hydrogens is 389 g/mol. The minimum Gasteiger partial charge on any atom is -0.360 e. The van der Waals surface area contributed by atoms with Gasteiger partial charge in [0, 0.05) is 36.7 Å². The van der Waals surface area contributed by atoms with E-state index in [1.807, 2.05) is 30.3 Å². The van der Waals surface area contributed by atoms with Crippen LogP contribution in [0.15, 0.2) is 30.3 Å². The first-order valence-electron chi connectivity index (χ1n) is 7.97. The first-order chi connectivity index (χ1) is 12.3. The second kappa shape index (κ2) is 7.49. The number of alkyl halides is 3. The van der Waals surface area contributed by atoms with Crippen LogP contribution in [0.5, 0.6) is 0 Å². The average molecular weight is 406 g/mol. The molecule has 142 valence electrons. The van der Waals surface area contributed by atoms with Crippen molar-refractivity contribution >= 4 is 26.7 Å². The Labute approximate surface area is 153 Å². The molecule has 26 heavy (non-hydrogen) atoms. The lowest BCUT2D eigenvalue weighted by Gasteiger charge is -2.31. The van der Waals surface area contributed by atoms with Crippen LogP contribution in [0.2, 0.25) is 0 Å². The van der Waals surface area contributed by atoms with Gasteiger partial charge in [0.25, 0.3) is 0 Å². The fourth-order valence-corrected chi connectivity index (χ4v) is 4.31. The first kappa shape index (κ1) is 19.1. The van der Waals surface area contributed by atoms with Gasteiger partial charge in [-0.1, -0.05) is 30.3 Å². The standard InChI is InChI=1S/C15H17F3N4O2S2/c16-15(17,18)26(23,24)22-8-6-11(7-9-22)10-19-14-20-13(21-25-14)12-4-2-1-3-5-12/h1-5,11H,6-10H2,(H,19,20,21). The highest BCUT2D eigenvalue weighted by atomic mass is 32.2. The van der Waals surface area contributed by atoms with E-state index in [9.17, 15) is 21.6 Å². The summed E-state index contributed by atoms with van der Waals surface area (Å²) in [5.74, 6) is 0.697. The van der Waals surface area contributed by atoms with Gasteiger partial charge in [-0.25, -0.2) is 8.42 Å². The maximum absolute atomic E-state index is 12.6. The number of anilines is 1. The number of halogens is 3. The van der Waals surface area contributed by atoms with Gasteiger partial charge < -0.3 is 5.32 Å². The summed E-state index contributed by atoms with van der Waals surface area (Å²) < 4.78 is 65.3. The summed E-state index contributed by atoms with van der Waals surface area (Å²) in [6.07, 6.45) is 0.735. The lowest BCUT2D eigenvalue weighted by molar-refractivity contribution is -0.0496. The molecule has 0 amide bonds. The largest absolute Gasteiger partial charge is 0.511 e. The van der Waals surface area contributed by atoms with Gasteiger partial charge in [-0.3, -0.25) is 0 Å². The topological polar surface area (TPSA) is 75.2 Å². The molecule has 0 aliphatic carbocycles. The molecule has 0 spiro atoms. The summed E-state index contributed by atoms with van der Waals surface area (Å²) in [4.78, 5) is 4.39. The molecule has 1 N–H and O–H groups in total. The van der Waals surface area contributed by atoms with E-state index in [1.54, 1.807) is 0 Å². The summed E-state index contributed by atoms with van der Waals surface area (Å²) in [6.45, 7) is 0.266. The zero-order valence-electron chi connectivity index (χ0n) is 13.6. The Kier molecular flexibility index (Phi) is 5.49. The Balaban J connectivity index is 1.51. The highest BCUT2D eigenvalue weighted by molar-refractivity contribution is 7.90. The Hall–Kier alpha value is -1.72. The molecule has 0 atom stereocenters. The average Bonchev–Trinajstić information content (AvgIpc) is 3.09. The summed E-state index contributed by atoms with van der Waals surface area (Å²) in [5.41, 5.74) is -4.33. The SMILES string of the molecule is O=S(=O)(N1CCC(CNc2nc(-c3ccccc3)ns2)CC1)C(F)(F)F. The zero-order valence-corrected chi connectivity index (χ0v) is 15.2. The molecule has 2 aromatic rings. The maximum Gasteiger partial charge on any atom is 0.511 e. The van der Waals surface area contributed by atoms with Crippen molar-refractivity contribution in [3.05, 3.63) is 30.3 Å². The van der Waals surface area contributed by atoms with E-state index < -0.39 is 15.5 Å². The molecule has 1 aliphatic rings. The molecule has 1 fully saturated rings. The quantitative estimate of drug-likeness (QED) is 0.826. The van der Waals surface area contributed by atoms with E-state index >= 15 is 0 Å². The van der Waals surface area contributed by atoms with Gasteiger partial charge in [0.1, 0.15) is 0 Å². The van der Waals surface area contributed by atoms with Crippen molar-refractivity contribution in [2.45, 2.75) is 18.3 Å². The second-order valence-electron chi connectivity index (χ2n) is 5.96. The molecule has 0 radical (unpaired) electrons. The van der Waals surface area contributed by atoms with Crippen LogP contribution >= 0.6 is 11.5 Å². The van der Waals surface area contributed by atoms with Gasteiger partial charge in [-0.05, 0) is 18.8 Å². The van der Waals surface area contributed by atoms with Crippen molar-refractivity contribution in [1.29, 1.82) is 0 Å². The molecular formula is C15H17F3N4O2S2. The predicted molar refractivity (Wildman–Crippen MR) is 93.1 cm³/mol. The van der Waals surface area contributed by atoms with Crippen molar-refractivity contribution in [3.63, 3.8) is 0 Å². The number of rotatable bonds is 5. The molecule has 1 saturated heterocycles. The van der Waals surface area contributed by atoms with E-state index in [1.165, 1.54) is 11.5 Å². The van der Waals surface area contributed by atoms with Crippen molar-refractivity contribution in [2.24, 2.45) is 5.92 Å². The number of nitrogens with zero attached hydrogens (tertiary/aromatic N) is 3. The fourth-order valence-electron chi connectivity index (χ4n) is 2.73. The van der Waals surface area contributed by atoms with Gasteiger partial charge in [0.05, 0.1) is 0 Å². The first-order valence-corrected chi connectivity index (χ1v) is 10.2. The van der Waals surface area contributed by atoms with Gasteiger partial charge in [-0.2, -0.15) is 26.8 Å². The molecule has 1 aromatic carbocycles. The monoisotopic (exact) mass is 406 g/mol. The summed E-state index contributed by atoms with van der Waals surface area (Å²) >= 11 is 1.21. The lowest BCUT2D eigenvalue weighted by Crippen LogP contribution is -2.45. The van der Waals surface area contributed by atoms with Crippen LogP contribution in [-0.2, 0) is 10.0 Å². The Bertz CT molecular complexity index is 832. The van der Waals surface area contributed by atoms with Gasteiger partial charge >= 0.3 is 15.5 Å². The van der Waals surface area contributed by atoms with Crippen molar-refractivity contribution in [3.8, 4) is 11.4 Å². The second-order valence-corrected chi connectivity index (χ2v) is 8.64. The molecule has 11 heteroatoms. The molecule has 0 bridgehead atoms. The number of benzene rings is 1. The van der Waals surface area contributed by atoms with E-state index in [4.69, 9.17) is 0 Å². The predicted octanol–water partition coefficient (Wildman–Crippen LogP) is 3.18. The van der Waals surface area contributed by atoms with Crippen molar-refractivity contribution in [2.75, 3.05) is 25.0 Å². The normalized spacial score (nSPS) is 17.3. The third-order valence-electron chi connectivity index (χ3n) is 4.21. The van der Waals surface area contributed by atoms with Gasteiger partial charge in [-0.15, -0.1) is 0 Å². The fraction of sp³-hybridized carbons (Fsp3) is 0.467. The molecule has 3 rings (SSSR count). The van der Waals surface area contributed by atoms with Gasteiger partial charge in [0.2, 0.25) is 5.13 Å². The number of nitrogens with one attached hydrogen (secondary N) is 1. The van der Waals surface area contributed by atoms with Crippen LogP contribution in [0.25, 0.3) is 11.4 Å². The highest BCUT2D eigenvalue weighted by Gasteiger charge is 2.50. The van der Waals surface area contributed by atoms with E-state index in [0.29, 0.717) is 34.6 Å². The Morgan fingerprint density at radius 2 is 1.85 bits per heavy atom. The molecule has 1 aliphatic heterocycles. The number of aromatic nitrogens is 2.